The Morgan fingerprint density at radius 3 is 2.70 bits per heavy atom. The van der Waals surface area contributed by atoms with Crippen molar-refractivity contribution in [2.75, 3.05) is 13.1 Å². The summed E-state index contributed by atoms with van der Waals surface area (Å²) in [7, 11) is 0. The van der Waals surface area contributed by atoms with Crippen LogP contribution in [0, 0.1) is 0 Å². The second-order valence-corrected chi connectivity index (χ2v) is 6.79. The Balaban J connectivity index is 1.80. The van der Waals surface area contributed by atoms with E-state index in [-0.39, 0.29) is 6.09 Å². The highest BCUT2D eigenvalue weighted by Gasteiger charge is 2.24. The Morgan fingerprint density at radius 2 is 2.00 bits per heavy atom. The van der Waals surface area contributed by atoms with E-state index >= 15 is 0 Å². The summed E-state index contributed by atoms with van der Waals surface area (Å²) < 4.78 is 5.43. The molecule has 3 rings (SSSR count). The molecule has 0 unspecified atom stereocenters. The van der Waals surface area contributed by atoms with Gasteiger partial charge in [0.2, 0.25) is 0 Å². The van der Waals surface area contributed by atoms with Crippen LogP contribution in [0.1, 0.15) is 32.9 Å². The van der Waals surface area contributed by atoms with Gasteiger partial charge in [-0.2, -0.15) is 0 Å². The Morgan fingerprint density at radius 1 is 1.22 bits per heavy atom. The van der Waals surface area contributed by atoms with Crippen LogP contribution in [-0.2, 0) is 4.74 Å². The van der Waals surface area contributed by atoms with Gasteiger partial charge < -0.3 is 9.64 Å². The zero-order valence-electron chi connectivity index (χ0n) is 13.9. The molecule has 0 atom stereocenters. The molecule has 0 N–H and O–H groups in total. The highest BCUT2D eigenvalue weighted by Crippen LogP contribution is 2.27. The van der Waals surface area contributed by atoms with Crippen molar-refractivity contribution in [3.05, 3.63) is 48.3 Å². The van der Waals surface area contributed by atoms with Gasteiger partial charge in [-0.05, 0) is 44.2 Å². The van der Waals surface area contributed by atoms with E-state index in [1.165, 1.54) is 11.0 Å². The van der Waals surface area contributed by atoms with E-state index in [9.17, 15) is 4.79 Å². The maximum Gasteiger partial charge on any atom is 0.410 e. The van der Waals surface area contributed by atoms with Crippen LogP contribution in [0.4, 0.5) is 4.79 Å². The van der Waals surface area contributed by atoms with Gasteiger partial charge in [0.15, 0.2) is 0 Å². The first-order chi connectivity index (χ1) is 10.9. The lowest BCUT2D eigenvalue weighted by molar-refractivity contribution is 0.0270. The number of hydrogen-bond donors (Lipinski definition) is 0. The van der Waals surface area contributed by atoms with Crippen LogP contribution >= 0.6 is 0 Å². The van der Waals surface area contributed by atoms with E-state index in [2.05, 4.69) is 23.2 Å². The van der Waals surface area contributed by atoms with E-state index in [0.717, 1.165) is 17.5 Å². The quantitative estimate of drug-likeness (QED) is 0.790. The molecule has 0 aliphatic carbocycles. The van der Waals surface area contributed by atoms with E-state index in [1.807, 2.05) is 45.2 Å². The topological polar surface area (TPSA) is 42.4 Å². The van der Waals surface area contributed by atoms with E-state index < -0.39 is 5.60 Å². The van der Waals surface area contributed by atoms with Crippen LogP contribution < -0.4 is 0 Å². The van der Waals surface area contributed by atoms with Crippen molar-refractivity contribution in [2.24, 2.45) is 0 Å². The maximum absolute atomic E-state index is 12.1. The normalized spacial score (nSPS) is 15.4. The van der Waals surface area contributed by atoms with Gasteiger partial charge in [-0.3, -0.25) is 4.98 Å². The lowest BCUT2D eigenvalue weighted by Gasteiger charge is -2.29. The lowest BCUT2D eigenvalue weighted by atomic mass is 9.99. The SMILES string of the molecule is CC(C)(C)OC(=O)N1CC=C(c2nccc3ccccc23)CC1. The summed E-state index contributed by atoms with van der Waals surface area (Å²) in [6, 6.07) is 10.3. The average Bonchev–Trinajstić information content (AvgIpc) is 2.53. The molecule has 0 saturated heterocycles. The number of benzene rings is 1. The molecule has 0 spiro atoms. The van der Waals surface area contributed by atoms with Crippen molar-refractivity contribution in [3.63, 3.8) is 0 Å². The Kier molecular flexibility index (Phi) is 4.07. The zero-order chi connectivity index (χ0) is 16.4. The van der Waals surface area contributed by atoms with Gasteiger partial charge in [0.25, 0.3) is 0 Å². The summed E-state index contributed by atoms with van der Waals surface area (Å²) in [5.41, 5.74) is 1.76. The molecule has 4 heteroatoms. The molecule has 0 saturated carbocycles. The predicted molar refractivity (Wildman–Crippen MR) is 92.1 cm³/mol. The van der Waals surface area contributed by atoms with Crippen molar-refractivity contribution >= 4 is 22.4 Å². The Labute approximate surface area is 136 Å². The summed E-state index contributed by atoms with van der Waals surface area (Å²) in [5, 5.41) is 2.35. The number of ether oxygens (including phenoxy) is 1. The van der Waals surface area contributed by atoms with Crippen LogP contribution in [0.15, 0.2) is 42.6 Å². The molecule has 0 fully saturated rings. The predicted octanol–water partition coefficient (Wildman–Crippen LogP) is 4.26. The molecule has 120 valence electrons. The minimum atomic E-state index is -0.460. The summed E-state index contributed by atoms with van der Waals surface area (Å²) >= 11 is 0. The Bertz CT molecular complexity index is 754. The van der Waals surface area contributed by atoms with Gasteiger partial charge in [-0.15, -0.1) is 0 Å². The molecule has 1 aliphatic heterocycles. The number of carbonyl (C=O) groups excluding carboxylic acids is 1. The fraction of sp³-hybridized carbons (Fsp3) is 0.368. The summed E-state index contributed by atoms with van der Waals surface area (Å²) in [6.45, 7) is 6.88. The number of nitrogens with zero attached hydrogens (tertiary/aromatic N) is 2. The average molecular weight is 310 g/mol. The molecule has 1 aromatic carbocycles. The first kappa shape index (κ1) is 15.5. The van der Waals surface area contributed by atoms with Gasteiger partial charge >= 0.3 is 6.09 Å². The Hall–Kier alpha value is -2.36. The first-order valence-corrected chi connectivity index (χ1v) is 7.95. The number of amides is 1. The van der Waals surface area contributed by atoms with Crippen LogP contribution in [-0.4, -0.2) is 34.7 Å². The number of pyridine rings is 1. The van der Waals surface area contributed by atoms with Gasteiger partial charge in [0.1, 0.15) is 5.60 Å². The number of hydrogen-bond acceptors (Lipinski definition) is 3. The highest BCUT2D eigenvalue weighted by molar-refractivity contribution is 5.92. The number of rotatable bonds is 1. The fourth-order valence-electron chi connectivity index (χ4n) is 2.75. The summed E-state index contributed by atoms with van der Waals surface area (Å²) in [4.78, 5) is 18.4. The molecule has 0 bridgehead atoms. The van der Waals surface area contributed by atoms with Crippen molar-refractivity contribution in [1.82, 2.24) is 9.88 Å². The molecule has 1 amide bonds. The van der Waals surface area contributed by atoms with Crippen LogP contribution in [0.25, 0.3) is 16.3 Å². The number of aromatic nitrogens is 1. The smallest absolute Gasteiger partial charge is 0.410 e. The number of carbonyl (C=O) groups is 1. The maximum atomic E-state index is 12.1. The molecular weight excluding hydrogens is 288 g/mol. The van der Waals surface area contributed by atoms with Crippen molar-refractivity contribution in [2.45, 2.75) is 32.8 Å². The van der Waals surface area contributed by atoms with E-state index in [4.69, 9.17) is 4.74 Å². The summed E-state index contributed by atoms with van der Waals surface area (Å²) in [5.74, 6) is 0. The van der Waals surface area contributed by atoms with Gasteiger partial charge in [-0.1, -0.05) is 30.3 Å². The van der Waals surface area contributed by atoms with Crippen LogP contribution in [0.3, 0.4) is 0 Å². The highest BCUT2D eigenvalue weighted by atomic mass is 16.6. The standard InChI is InChI=1S/C19H22N2O2/c1-19(2,3)23-18(22)21-12-9-15(10-13-21)17-16-7-5-4-6-14(16)8-11-20-17/h4-9,11H,10,12-13H2,1-3H3. The third kappa shape index (κ3) is 3.52. The first-order valence-electron chi connectivity index (χ1n) is 7.95. The molecular formula is C19H22N2O2. The minimum absolute atomic E-state index is 0.251. The van der Waals surface area contributed by atoms with Gasteiger partial charge in [0, 0.05) is 24.7 Å². The fourth-order valence-corrected chi connectivity index (χ4v) is 2.75. The third-order valence-corrected chi connectivity index (χ3v) is 3.84. The van der Waals surface area contributed by atoms with E-state index in [1.54, 1.807) is 4.90 Å². The molecule has 23 heavy (non-hydrogen) atoms. The van der Waals surface area contributed by atoms with E-state index in [0.29, 0.717) is 13.1 Å². The number of fused-ring (bicyclic) bond motifs is 1. The molecule has 2 aromatic rings. The molecule has 0 radical (unpaired) electrons. The second-order valence-electron chi connectivity index (χ2n) is 6.79. The van der Waals surface area contributed by atoms with Crippen molar-refractivity contribution < 1.29 is 9.53 Å². The zero-order valence-corrected chi connectivity index (χ0v) is 13.9. The van der Waals surface area contributed by atoms with Crippen LogP contribution in [0.5, 0.6) is 0 Å². The minimum Gasteiger partial charge on any atom is -0.444 e. The largest absolute Gasteiger partial charge is 0.444 e. The van der Waals surface area contributed by atoms with Crippen molar-refractivity contribution in [3.8, 4) is 0 Å². The summed E-state index contributed by atoms with van der Waals surface area (Å²) in [6.07, 6.45) is 4.47. The van der Waals surface area contributed by atoms with Gasteiger partial charge in [0.05, 0.1) is 5.69 Å². The van der Waals surface area contributed by atoms with Crippen LogP contribution in [0.2, 0.25) is 0 Å². The second kappa shape index (κ2) is 6.03. The lowest BCUT2D eigenvalue weighted by Crippen LogP contribution is -2.39. The molecule has 1 aliphatic rings. The molecule has 2 heterocycles. The van der Waals surface area contributed by atoms with Crippen molar-refractivity contribution in [1.29, 1.82) is 0 Å². The monoisotopic (exact) mass is 310 g/mol. The third-order valence-electron chi connectivity index (χ3n) is 3.84. The molecule has 1 aromatic heterocycles. The molecule has 4 nitrogen and oxygen atoms in total. The van der Waals surface area contributed by atoms with Gasteiger partial charge in [-0.25, -0.2) is 4.79 Å².